The molecule has 1 aromatic heterocycles. The first-order valence-electron chi connectivity index (χ1n) is 10.7. The van der Waals surface area contributed by atoms with E-state index in [2.05, 4.69) is 16.2 Å². The molecule has 4 rings (SSSR count). The zero-order valence-electron chi connectivity index (χ0n) is 18.4. The van der Waals surface area contributed by atoms with Gasteiger partial charge in [0.15, 0.2) is 0 Å². The zero-order chi connectivity index (χ0) is 25.2. The predicted octanol–water partition coefficient (Wildman–Crippen LogP) is 2.27. The molecule has 3 aromatic rings. The number of nitrogens with zero attached hydrogens (tertiary/aromatic N) is 3. The van der Waals surface area contributed by atoms with Gasteiger partial charge >= 0.3 is 6.18 Å². The minimum absolute atomic E-state index is 0.0837. The van der Waals surface area contributed by atoms with Crippen LogP contribution in [0.1, 0.15) is 21.7 Å². The topological polar surface area (TPSA) is 99.5 Å². The summed E-state index contributed by atoms with van der Waals surface area (Å²) in [5, 5.41) is 11.8. The standard InChI is InChI=1S/C24H22F3N5O3/c1-2-11-31-13-17(22(34)30-35)19(14-31)28-21(33)16-9-7-15(8-10-16)12-32-20-6-4-3-5-18(20)29-23(32)24(25,26)27/h1,3-10,17,19,35H,11-14H2,(H,28,33)(H,30,34)/t17-,19+/m0/s1. The highest BCUT2D eigenvalue weighted by Crippen LogP contribution is 2.32. The van der Waals surface area contributed by atoms with E-state index in [1.54, 1.807) is 35.8 Å². The molecule has 182 valence electrons. The Kier molecular flexibility index (Phi) is 6.77. The molecule has 2 amide bonds. The van der Waals surface area contributed by atoms with Gasteiger partial charge in [0.25, 0.3) is 5.91 Å². The maximum Gasteiger partial charge on any atom is 0.449 e. The van der Waals surface area contributed by atoms with Crippen LogP contribution in [0, 0.1) is 18.3 Å². The van der Waals surface area contributed by atoms with Gasteiger partial charge in [0.2, 0.25) is 11.7 Å². The fourth-order valence-corrected chi connectivity index (χ4v) is 4.29. The summed E-state index contributed by atoms with van der Waals surface area (Å²) >= 11 is 0. The van der Waals surface area contributed by atoms with Crippen molar-refractivity contribution in [3.8, 4) is 12.3 Å². The lowest BCUT2D eigenvalue weighted by molar-refractivity contribution is -0.146. The van der Waals surface area contributed by atoms with Crippen LogP contribution in [0.2, 0.25) is 0 Å². The highest BCUT2D eigenvalue weighted by Gasteiger charge is 2.39. The molecule has 1 aliphatic rings. The zero-order valence-corrected chi connectivity index (χ0v) is 18.4. The number of carbonyl (C=O) groups excluding carboxylic acids is 2. The lowest BCUT2D eigenvalue weighted by Crippen LogP contribution is -2.45. The van der Waals surface area contributed by atoms with Crippen LogP contribution in [0.4, 0.5) is 13.2 Å². The molecule has 0 bridgehead atoms. The summed E-state index contributed by atoms with van der Waals surface area (Å²) in [4.78, 5) is 30.3. The Hall–Kier alpha value is -3.88. The second-order valence-electron chi connectivity index (χ2n) is 8.27. The van der Waals surface area contributed by atoms with E-state index in [9.17, 15) is 22.8 Å². The van der Waals surface area contributed by atoms with Crippen LogP contribution in [-0.4, -0.2) is 57.1 Å². The summed E-state index contributed by atoms with van der Waals surface area (Å²) in [5.41, 5.74) is 3.04. The normalized spacial score (nSPS) is 18.4. The number of carbonyl (C=O) groups is 2. The second-order valence-corrected chi connectivity index (χ2v) is 8.27. The van der Waals surface area contributed by atoms with Gasteiger partial charge in [-0.15, -0.1) is 6.42 Å². The first kappa shape index (κ1) is 24.3. The molecule has 0 spiro atoms. The summed E-state index contributed by atoms with van der Waals surface area (Å²) in [7, 11) is 0. The highest BCUT2D eigenvalue weighted by atomic mass is 19.4. The Labute approximate surface area is 198 Å². The Bertz CT molecular complexity index is 1280. The van der Waals surface area contributed by atoms with E-state index in [0.29, 0.717) is 24.2 Å². The number of terminal acetylenes is 1. The minimum atomic E-state index is -4.62. The van der Waals surface area contributed by atoms with E-state index in [-0.39, 0.29) is 24.2 Å². The van der Waals surface area contributed by atoms with E-state index < -0.39 is 35.8 Å². The quantitative estimate of drug-likeness (QED) is 0.283. The van der Waals surface area contributed by atoms with E-state index in [4.69, 9.17) is 11.6 Å². The van der Waals surface area contributed by atoms with Gasteiger partial charge in [-0.05, 0) is 29.8 Å². The smallest absolute Gasteiger partial charge is 0.347 e. The molecule has 0 aliphatic carbocycles. The molecule has 0 radical (unpaired) electrons. The Morgan fingerprint density at radius 1 is 1.14 bits per heavy atom. The molecule has 8 nitrogen and oxygen atoms in total. The van der Waals surface area contributed by atoms with Crippen molar-refractivity contribution in [1.29, 1.82) is 0 Å². The number of halogens is 3. The van der Waals surface area contributed by atoms with Gasteiger partial charge in [-0.1, -0.05) is 30.2 Å². The molecule has 2 atom stereocenters. The molecule has 1 aliphatic heterocycles. The Morgan fingerprint density at radius 2 is 1.86 bits per heavy atom. The molecular weight excluding hydrogens is 463 g/mol. The first-order valence-corrected chi connectivity index (χ1v) is 10.7. The van der Waals surface area contributed by atoms with Crippen LogP contribution < -0.4 is 10.8 Å². The van der Waals surface area contributed by atoms with Crippen molar-refractivity contribution in [3.05, 3.63) is 65.5 Å². The summed E-state index contributed by atoms with van der Waals surface area (Å²) in [6.45, 7) is 0.819. The number of amides is 2. The molecule has 1 saturated heterocycles. The molecule has 1 fully saturated rings. The van der Waals surface area contributed by atoms with Gasteiger partial charge in [0.05, 0.1) is 29.5 Å². The molecule has 3 N–H and O–H groups in total. The fraction of sp³-hybridized carbons (Fsp3) is 0.292. The number of rotatable bonds is 6. The van der Waals surface area contributed by atoms with Crippen LogP contribution in [0.5, 0.6) is 0 Å². The minimum Gasteiger partial charge on any atom is -0.347 e. The number of imidazole rings is 1. The number of alkyl halides is 3. The van der Waals surface area contributed by atoms with Crippen LogP contribution in [0.3, 0.4) is 0 Å². The number of fused-ring (bicyclic) bond motifs is 1. The van der Waals surface area contributed by atoms with Crippen molar-refractivity contribution in [2.75, 3.05) is 19.6 Å². The van der Waals surface area contributed by atoms with E-state index in [0.717, 1.165) is 4.57 Å². The number of hydrogen-bond donors (Lipinski definition) is 3. The number of nitrogens with one attached hydrogen (secondary N) is 2. The fourth-order valence-electron chi connectivity index (χ4n) is 4.29. The van der Waals surface area contributed by atoms with Crippen molar-refractivity contribution < 1.29 is 28.0 Å². The maximum absolute atomic E-state index is 13.5. The van der Waals surface area contributed by atoms with Gasteiger partial charge in [-0.3, -0.25) is 19.7 Å². The number of para-hydroxylation sites is 2. The number of hydroxylamine groups is 1. The van der Waals surface area contributed by atoms with E-state index in [1.807, 2.05) is 4.90 Å². The van der Waals surface area contributed by atoms with Crippen molar-refractivity contribution in [2.45, 2.75) is 18.8 Å². The maximum atomic E-state index is 13.5. The lowest BCUT2D eigenvalue weighted by atomic mass is 10.0. The Balaban J connectivity index is 1.50. The number of hydrogen-bond acceptors (Lipinski definition) is 5. The first-order chi connectivity index (χ1) is 16.7. The van der Waals surface area contributed by atoms with Crippen LogP contribution in [-0.2, 0) is 17.5 Å². The second kappa shape index (κ2) is 9.77. The third-order valence-electron chi connectivity index (χ3n) is 5.94. The average Bonchev–Trinajstić information content (AvgIpc) is 3.40. The SMILES string of the molecule is C#CCN1C[C@H](C(=O)NO)[C@H](NC(=O)c2ccc(Cn3c(C(F)(F)F)nc4ccccc43)cc2)C1. The van der Waals surface area contributed by atoms with Crippen molar-refractivity contribution in [1.82, 2.24) is 25.2 Å². The summed E-state index contributed by atoms with van der Waals surface area (Å²) in [5.74, 6) is -0.280. The molecule has 35 heavy (non-hydrogen) atoms. The predicted molar refractivity (Wildman–Crippen MR) is 120 cm³/mol. The van der Waals surface area contributed by atoms with Gasteiger partial charge < -0.3 is 9.88 Å². The van der Waals surface area contributed by atoms with Gasteiger partial charge in [0, 0.05) is 25.2 Å². The molecule has 0 unspecified atom stereocenters. The molecular formula is C24H22F3N5O3. The number of likely N-dealkylation sites (tertiary alicyclic amines) is 1. The summed E-state index contributed by atoms with van der Waals surface area (Å²) < 4.78 is 41.7. The van der Waals surface area contributed by atoms with Crippen molar-refractivity contribution in [3.63, 3.8) is 0 Å². The molecule has 2 aromatic carbocycles. The number of aromatic nitrogens is 2. The summed E-state index contributed by atoms with van der Waals surface area (Å²) in [6.07, 6.45) is 0.709. The van der Waals surface area contributed by atoms with Crippen LogP contribution >= 0.6 is 0 Å². The third kappa shape index (κ3) is 5.13. The number of benzene rings is 2. The Morgan fingerprint density at radius 3 is 2.51 bits per heavy atom. The largest absolute Gasteiger partial charge is 0.449 e. The van der Waals surface area contributed by atoms with Gasteiger partial charge in [0.1, 0.15) is 0 Å². The van der Waals surface area contributed by atoms with Gasteiger partial charge in [-0.25, -0.2) is 10.5 Å². The molecule has 11 heteroatoms. The lowest BCUT2D eigenvalue weighted by Gasteiger charge is -2.18. The molecule has 2 heterocycles. The highest BCUT2D eigenvalue weighted by molar-refractivity contribution is 5.95. The van der Waals surface area contributed by atoms with Crippen LogP contribution in [0.25, 0.3) is 11.0 Å². The van der Waals surface area contributed by atoms with E-state index >= 15 is 0 Å². The average molecular weight is 485 g/mol. The van der Waals surface area contributed by atoms with Crippen LogP contribution in [0.15, 0.2) is 48.5 Å². The van der Waals surface area contributed by atoms with Gasteiger partial charge in [-0.2, -0.15) is 13.2 Å². The third-order valence-corrected chi connectivity index (χ3v) is 5.94. The monoisotopic (exact) mass is 485 g/mol. The summed E-state index contributed by atoms with van der Waals surface area (Å²) in [6, 6.07) is 11.9. The molecule has 0 saturated carbocycles. The van der Waals surface area contributed by atoms with Crippen molar-refractivity contribution in [2.24, 2.45) is 5.92 Å². The van der Waals surface area contributed by atoms with Crippen molar-refractivity contribution >= 4 is 22.8 Å². The van der Waals surface area contributed by atoms with E-state index in [1.165, 1.54) is 18.2 Å².